The molecule has 7 aliphatic rings. The van der Waals surface area contributed by atoms with E-state index in [1.54, 1.807) is 65.8 Å². The van der Waals surface area contributed by atoms with Crippen molar-refractivity contribution in [3.05, 3.63) is 101 Å². The van der Waals surface area contributed by atoms with Gasteiger partial charge in [-0.05, 0) is 161 Å². The lowest BCUT2D eigenvalue weighted by molar-refractivity contribution is -0.381. The van der Waals surface area contributed by atoms with Gasteiger partial charge in [-0.3, -0.25) is 24.5 Å². The van der Waals surface area contributed by atoms with Crippen molar-refractivity contribution >= 4 is 128 Å². The number of hydrogen-bond acceptors (Lipinski definition) is 31. The number of aliphatic hydroxyl groups is 9. The van der Waals surface area contributed by atoms with Crippen LogP contribution in [0.25, 0.3) is 0 Å². The Balaban J connectivity index is 1.31. The van der Waals surface area contributed by atoms with Gasteiger partial charge in [0.25, 0.3) is 0 Å². The zero-order valence-electron chi connectivity index (χ0n) is 73.9. The van der Waals surface area contributed by atoms with Crippen molar-refractivity contribution in [2.75, 3.05) is 107 Å². The monoisotopic (exact) mass is 1880 g/mol. The molecule has 4 saturated heterocycles. The number of anilines is 1. The highest BCUT2D eigenvalue weighted by molar-refractivity contribution is 8.17. The second-order valence-electron chi connectivity index (χ2n) is 34.3. The number of carbonyl (C=O) groups excluding carboxylic acids is 4. The molecule has 11 unspecified atom stereocenters. The van der Waals surface area contributed by atoms with Gasteiger partial charge in [-0.25, -0.2) is 9.59 Å². The molecule has 18 atom stereocenters. The number of ether oxygens (including phenoxy) is 11. The van der Waals surface area contributed by atoms with Crippen LogP contribution in [0.1, 0.15) is 147 Å². The minimum atomic E-state index is -2.00. The first-order chi connectivity index (χ1) is 58.1. The average Bonchev–Trinajstić information content (AvgIpc) is 0.767. The molecule has 7 aliphatic heterocycles. The summed E-state index contributed by atoms with van der Waals surface area (Å²) in [5.74, 6) is -4.52. The van der Waals surface area contributed by atoms with Gasteiger partial charge in [0.05, 0.1) is 73.3 Å². The van der Waals surface area contributed by atoms with E-state index in [0.717, 1.165) is 10.5 Å². The van der Waals surface area contributed by atoms with Gasteiger partial charge < -0.3 is 118 Å². The molecule has 0 saturated carbocycles. The number of halogens is 1. The Morgan fingerprint density at radius 3 is 1.82 bits per heavy atom. The van der Waals surface area contributed by atoms with Crippen LogP contribution in [0.5, 0.6) is 5.75 Å². The quantitative estimate of drug-likeness (QED) is 0.0165. The van der Waals surface area contributed by atoms with Crippen LogP contribution in [0.4, 0.5) is 10.5 Å². The number of likely N-dealkylation sites (N-methyl/N-ethyl adjacent to an activating group) is 1. The van der Waals surface area contributed by atoms with Crippen LogP contribution in [0.15, 0.2) is 90.2 Å². The van der Waals surface area contributed by atoms with Gasteiger partial charge >= 0.3 is 24.0 Å². The Morgan fingerprint density at radius 1 is 0.742 bits per heavy atom. The lowest BCUT2D eigenvalue weighted by Gasteiger charge is -2.57. The Kier molecular flexibility index (Phi) is 40.8. The number of carbonyl (C=O) groups is 6. The molecule has 7 heterocycles. The van der Waals surface area contributed by atoms with Crippen LogP contribution >= 0.6 is 80.9 Å². The normalized spacial score (nSPS) is 32.1. The largest absolute Gasteiger partial charge is 0.495 e. The van der Waals surface area contributed by atoms with Gasteiger partial charge in [0.1, 0.15) is 77.9 Å². The molecule has 4 fully saturated rings. The number of fused-ring (bicyclic) bond motifs is 5. The number of esters is 1. The third kappa shape index (κ3) is 29.5. The number of thioether (sulfide) groups is 5. The van der Waals surface area contributed by atoms with E-state index in [1.165, 1.54) is 104 Å². The highest BCUT2D eigenvalue weighted by Crippen LogP contribution is 2.53. The molecule has 0 aliphatic carbocycles. The summed E-state index contributed by atoms with van der Waals surface area (Å²) in [5, 5.41) is 124. The molecule has 1 aromatic carbocycles. The predicted molar refractivity (Wildman–Crippen MR) is 483 cm³/mol. The third-order valence-electron chi connectivity index (χ3n) is 22.8. The Hall–Kier alpha value is -4.60. The number of rotatable bonds is 40. The first-order valence-electron chi connectivity index (χ1n) is 41.3. The van der Waals surface area contributed by atoms with Crippen molar-refractivity contribution in [1.82, 2.24) is 10.2 Å². The van der Waals surface area contributed by atoms with E-state index in [4.69, 9.17) is 63.7 Å². The maximum absolute atomic E-state index is 15.1. The van der Waals surface area contributed by atoms with Crippen LogP contribution in [-0.2, 0) is 77.8 Å². The maximum atomic E-state index is 15.1. The van der Waals surface area contributed by atoms with Crippen molar-refractivity contribution in [2.45, 2.75) is 256 Å². The molecule has 3 amide bonds. The maximum Gasteiger partial charge on any atom is 0.409 e. The van der Waals surface area contributed by atoms with Crippen LogP contribution in [0, 0.1) is 16.7 Å². The van der Waals surface area contributed by atoms with Gasteiger partial charge in [-0.1, -0.05) is 55.3 Å². The van der Waals surface area contributed by atoms with Gasteiger partial charge in [0.2, 0.25) is 17.6 Å². The van der Waals surface area contributed by atoms with Crippen molar-refractivity contribution in [2.24, 2.45) is 16.7 Å². The van der Waals surface area contributed by atoms with E-state index in [1.807, 2.05) is 65.0 Å². The number of nitrogens with zero attached hydrogens (tertiary/aromatic N) is 2. The predicted octanol–water partition coefficient (Wildman–Crippen LogP) is 9.41. The fourth-order valence-electron chi connectivity index (χ4n) is 13.9. The number of hydrogen-bond donors (Lipinski definition) is 12. The molecule has 124 heavy (non-hydrogen) atoms. The standard InChI is InChI=1S/C86H130ClN3O28S6/c1-18-124-39-20-22-60(121-37-32-110-75-71(99)69(97)67(95)57(47-91)114-75)73(123-36-29-83(11,12)113-31-27-81(7,8)78(104)105)62(44-61(122-38-33-111-76-72(100)70(98)68(96)58(48-92)115-76)59(25-40-124)120-35-28-82(9,10)112-30-26-80(5,6)77(102)103)119-34-24-64(93)89(14)52(4)74(101)117-85-46-65(94)90(15)54-42-53(43-55(108-16)66(54)87)41-50(2)21-19-23-63(109-17)86(107)45-56(116-79(106)88-86)51(3)84(13,49-85)118-85/h19-23,25,39-40,42-44,51-52,56-58,63,67-72,75-76,91-92,95-100,107H,18,24,26-38,41,45-49H2,1-17H3,(H,88,106)(H,102,103)(H,104,105)/b22-20-,23-19+,39-20?,40-25-,50-21-,59-25?,60-22?,61-44?,61-59-,62-44+,73-60-,73-62?/t51-,52-,56+,57?,58?,63-,67?,68?,69?,70?,71?,72?,75?,76?,84-,85-,86-,124?/m1/s1. The minimum absolute atomic E-state index is 0.0507. The number of amides is 3. The summed E-state index contributed by atoms with van der Waals surface area (Å²) in [6, 6.07) is 2.15. The summed E-state index contributed by atoms with van der Waals surface area (Å²) < 4.78 is 67.1. The van der Waals surface area contributed by atoms with Gasteiger partial charge in [0.15, 0.2) is 18.3 Å². The van der Waals surface area contributed by atoms with E-state index in [0.29, 0.717) is 61.7 Å². The summed E-state index contributed by atoms with van der Waals surface area (Å²) in [6.45, 7) is 21.8. The molecule has 0 aromatic heterocycles. The van der Waals surface area contributed by atoms with Crippen molar-refractivity contribution in [3.8, 4) is 5.75 Å². The first-order valence-corrected chi connectivity index (χ1v) is 48.2. The summed E-state index contributed by atoms with van der Waals surface area (Å²) in [5.41, 5.74) is -5.13. The highest BCUT2D eigenvalue weighted by Gasteiger charge is 2.63. The number of carboxylic acids is 2. The van der Waals surface area contributed by atoms with Gasteiger partial charge in [0, 0.05) is 113 Å². The SMILES string of the molecule is CCS1=C/C=C\C(SCCOC2OC(CO)C(O)C(O)C2O)=C(SCCC(C)(C)OCCC(C)(C)C(=O)O)/C(SCCC(=O)N(C)[C@H](C)C(=O)O[C@@]23CC(=O)N(C)c4cc(cc(OC)c4Cl)C/C(C)=C\C=C\[C@@H](OC)[C@]4(O)C[C@H](OC(=O)N4)[C@@H](C)[C@@](C)(C2)O3)=C\C(SCCOC2OC(CO)C(O)C(O)C2O)=C(SCCC(C)(C)OCCC(C)(C)C(=O)O)/C=C\1. The molecule has 38 heteroatoms. The van der Waals surface area contributed by atoms with Crippen LogP contribution < -0.4 is 15.0 Å². The summed E-state index contributed by atoms with van der Waals surface area (Å²) in [4.78, 5) is 89.0. The fourth-order valence-corrected chi connectivity index (χ4v) is 21.6. The first kappa shape index (κ1) is 106. The molecule has 8 rings (SSSR count). The van der Waals surface area contributed by atoms with Crippen LogP contribution in [0.2, 0.25) is 5.02 Å². The number of aliphatic carboxylic acids is 2. The van der Waals surface area contributed by atoms with E-state index in [2.05, 4.69) is 23.0 Å². The van der Waals surface area contributed by atoms with Gasteiger partial charge in [-0.15, -0.1) is 58.8 Å². The topological polar surface area (TPSA) is 445 Å². The van der Waals surface area contributed by atoms with E-state index in [-0.39, 0.29) is 92.2 Å². The number of aliphatic hydroxyl groups excluding tert-OH is 8. The summed E-state index contributed by atoms with van der Waals surface area (Å²) in [6.07, 6.45) is -4.80. The fraction of sp³-hybridized carbons (Fsp3) is 0.686. The third-order valence-corrected chi connectivity index (χ3v) is 30.5. The second-order valence-corrected chi connectivity index (χ2v) is 42.4. The Labute approximate surface area is 756 Å². The molecule has 31 nitrogen and oxygen atoms in total. The lowest BCUT2D eigenvalue weighted by Crippen LogP contribution is -2.69. The zero-order valence-corrected chi connectivity index (χ0v) is 79.5. The van der Waals surface area contributed by atoms with Crippen molar-refractivity contribution < 1.29 is 137 Å². The Bertz CT molecular complexity index is 4070. The van der Waals surface area contributed by atoms with E-state index >= 15 is 9.59 Å². The number of nitrogens with one attached hydrogen (secondary N) is 1. The van der Waals surface area contributed by atoms with Crippen molar-refractivity contribution in [1.29, 1.82) is 0 Å². The number of methoxy groups -OCH3 is 2. The summed E-state index contributed by atoms with van der Waals surface area (Å²) in [7, 11) is 5.30. The zero-order chi connectivity index (χ0) is 92.2. The molecular weight excluding hydrogens is 1750 g/mol. The molecule has 12 N–H and O–H groups in total. The molecule has 700 valence electrons. The van der Waals surface area contributed by atoms with Crippen LogP contribution in [-0.4, -0.2) is 313 Å². The number of benzene rings is 1. The lowest BCUT2D eigenvalue weighted by atomic mass is 9.73. The second kappa shape index (κ2) is 47.5. The van der Waals surface area contributed by atoms with E-state index in [9.17, 15) is 75.3 Å². The number of allylic oxidation sites excluding steroid dienone is 7. The molecule has 0 radical (unpaired) electrons. The molecule has 0 spiro atoms. The van der Waals surface area contributed by atoms with Crippen LogP contribution in [0.3, 0.4) is 0 Å². The molecule has 1 aromatic rings. The average molecular weight is 1880 g/mol. The van der Waals surface area contributed by atoms with E-state index < -0.39 is 191 Å². The van der Waals surface area contributed by atoms with Crippen molar-refractivity contribution in [3.63, 3.8) is 0 Å². The minimum Gasteiger partial charge on any atom is -0.495 e. The Morgan fingerprint density at radius 2 is 1.29 bits per heavy atom. The molecular formula is C86H130ClN3O28S6. The molecule has 6 bridgehead atoms. The van der Waals surface area contributed by atoms with Gasteiger partial charge in [-0.2, -0.15) is 10.5 Å². The summed E-state index contributed by atoms with van der Waals surface area (Å²) >= 11 is 14.0. The highest BCUT2D eigenvalue weighted by atomic mass is 35.5. The number of carboxylic acid groups (broad SMARTS) is 2. The number of alkyl carbamates (subject to hydrolysis) is 1. The smallest absolute Gasteiger partial charge is 0.409 e.